The van der Waals surface area contributed by atoms with Crippen LogP contribution < -0.4 is 10.4 Å². The Morgan fingerprint density at radius 3 is 2.22 bits per heavy atom. The van der Waals surface area contributed by atoms with Crippen LogP contribution in [0, 0.1) is 0 Å². The van der Waals surface area contributed by atoms with Gasteiger partial charge in [-0.25, -0.2) is 9.97 Å². The molecule has 10 rings (SSSR count). The van der Waals surface area contributed by atoms with E-state index in [1.807, 2.05) is 0 Å². The summed E-state index contributed by atoms with van der Waals surface area (Å²) in [6, 6.07) is 46.4. The summed E-state index contributed by atoms with van der Waals surface area (Å²) in [7, 11) is -1.77. The summed E-state index contributed by atoms with van der Waals surface area (Å²) in [6.45, 7) is 4.97. The van der Waals surface area contributed by atoms with Gasteiger partial charge in [-0.15, -0.1) is 11.3 Å². The molecule has 0 radical (unpaired) electrons. The van der Waals surface area contributed by atoms with Crippen molar-refractivity contribution in [1.82, 2.24) is 14.5 Å². The van der Waals surface area contributed by atoms with E-state index in [0.717, 1.165) is 32.5 Å². The van der Waals surface area contributed by atoms with Gasteiger partial charge in [-0.3, -0.25) is 4.57 Å². The minimum absolute atomic E-state index is 0.707. The van der Waals surface area contributed by atoms with Crippen molar-refractivity contribution in [3.8, 4) is 28.3 Å². The third kappa shape index (κ3) is 3.39. The van der Waals surface area contributed by atoms with Gasteiger partial charge in [0.25, 0.3) is 0 Å². The monoisotopic (exact) mass is 609 g/mol. The highest BCUT2D eigenvalue weighted by molar-refractivity contribution is 7.25. The quantitative estimate of drug-likeness (QED) is 0.183. The van der Waals surface area contributed by atoms with E-state index < -0.39 is 8.07 Å². The van der Waals surface area contributed by atoms with Crippen molar-refractivity contribution in [3.05, 3.63) is 127 Å². The molecule has 9 aromatic rings. The lowest BCUT2D eigenvalue weighted by atomic mass is 9.98. The number of fused-ring (bicyclic) bond motifs is 11. The molecule has 0 fully saturated rings. The van der Waals surface area contributed by atoms with E-state index in [4.69, 9.17) is 9.97 Å². The first-order valence-electron chi connectivity index (χ1n) is 15.4. The van der Waals surface area contributed by atoms with E-state index >= 15 is 0 Å². The van der Waals surface area contributed by atoms with Crippen molar-refractivity contribution in [2.24, 2.45) is 0 Å². The second-order valence-electron chi connectivity index (χ2n) is 12.6. The molecule has 0 saturated heterocycles. The molecule has 3 nitrogen and oxygen atoms in total. The van der Waals surface area contributed by atoms with E-state index in [1.165, 1.54) is 53.1 Å². The van der Waals surface area contributed by atoms with Crippen molar-refractivity contribution in [1.29, 1.82) is 0 Å². The number of thiophene rings is 1. The van der Waals surface area contributed by atoms with E-state index in [9.17, 15) is 0 Å². The zero-order valence-corrected chi connectivity index (χ0v) is 26.7. The van der Waals surface area contributed by atoms with Crippen LogP contribution in [0.1, 0.15) is 0 Å². The van der Waals surface area contributed by atoms with Gasteiger partial charge >= 0.3 is 0 Å². The summed E-state index contributed by atoms with van der Waals surface area (Å²) in [5.74, 6) is 0.707. The highest BCUT2D eigenvalue weighted by Crippen LogP contribution is 2.42. The largest absolute Gasteiger partial charge is 0.278 e. The smallest absolute Gasteiger partial charge is 0.236 e. The zero-order chi connectivity index (χ0) is 29.9. The summed E-state index contributed by atoms with van der Waals surface area (Å²) in [5, 5.41) is 10.5. The van der Waals surface area contributed by atoms with Crippen LogP contribution in [-0.4, -0.2) is 22.6 Å². The first-order valence-corrected chi connectivity index (χ1v) is 19.2. The fourth-order valence-corrected chi connectivity index (χ4v) is 11.9. The lowest BCUT2D eigenvalue weighted by Gasteiger charge is -2.19. The molecule has 0 amide bonds. The Hall–Kier alpha value is -5.10. The third-order valence-corrected chi connectivity index (χ3v) is 14.4. The lowest BCUT2D eigenvalue weighted by molar-refractivity contribution is 1.02. The number of aromatic nitrogens is 3. The first-order chi connectivity index (χ1) is 22.1. The van der Waals surface area contributed by atoms with Crippen LogP contribution in [0.2, 0.25) is 13.1 Å². The van der Waals surface area contributed by atoms with Crippen LogP contribution in [0.25, 0.3) is 81.2 Å². The van der Waals surface area contributed by atoms with Crippen LogP contribution in [0.5, 0.6) is 0 Å². The Balaban J connectivity index is 1.32. The summed E-state index contributed by atoms with van der Waals surface area (Å²) < 4.78 is 3.50. The van der Waals surface area contributed by atoms with Gasteiger partial charge in [-0.05, 0) is 56.5 Å². The fraction of sp³-hybridized carbons (Fsp3) is 0.0500. The minimum atomic E-state index is -1.77. The Bertz CT molecular complexity index is 2680. The summed E-state index contributed by atoms with van der Waals surface area (Å²) in [4.78, 5) is 11.7. The standard InChI is InChI=1S/C40H27N3SSi/c1-45(2)34-19-11-8-14-26(34)30-23-29-25(22-35(30)45)20-21-32-36(29)27-15-6-9-17-31(27)43(32)40-41-38(24-12-4-3-5-13-24)37-28-16-7-10-18-33(28)44-39(37)42-40/h3-23H,1-2H3. The molecule has 0 aliphatic carbocycles. The highest BCUT2D eigenvalue weighted by Gasteiger charge is 2.37. The molecule has 4 heterocycles. The molecule has 0 unspecified atom stereocenters. The van der Waals surface area contributed by atoms with E-state index in [-0.39, 0.29) is 0 Å². The fourth-order valence-electron chi connectivity index (χ4n) is 7.72. The van der Waals surface area contributed by atoms with Crippen LogP contribution in [0.3, 0.4) is 0 Å². The Labute approximate surface area is 265 Å². The van der Waals surface area contributed by atoms with Gasteiger partial charge in [0.15, 0.2) is 0 Å². The van der Waals surface area contributed by atoms with Gasteiger partial charge in [-0.2, -0.15) is 0 Å². The van der Waals surface area contributed by atoms with Gasteiger partial charge in [0, 0.05) is 31.8 Å². The SMILES string of the molecule is C[Si]1(C)c2ccccc2-c2cc3c(ccc4c3c3ccccc3n4-c3nc(-c4ccccc4)c4c(n3)sc3ccccc34)cc21. The van der Waals surface area contributed by atoms with Crippen molar-refractivity contribution in [3.63, 3.8) is 0 Å². The molecular formula is C40H27N3SSi. The molecule has 1 aliphatic rings. The number of nitrogens with zero attached hydrogens (tertiary/aromatic N) is 3. The summed E-state index contributed by atoms with van der Waals surface area (Å²) in [5.41, 5.74) is 7.12. The maximum absolute atomic E-state index is 5.39. The number of rotatable bonds is 2. The molecule has 0 spiro atoms. The molecule has 0 N–H and O–H groups in total. The van der Waals surface area contributed by atoms with Gasteiger partial charge in [-0.1, -0.05) is 116 Å². The van der Waals surface area contributed by atoms with Gasteiger partial charge in [0.1, 0.15) is 12.9 Å². The number of benzene rings is 6. The van der Waals surface area contributed by atoms with Gasteiger partial charge in [0.2, 0.25) is 5.95 Å². The van der Waals surface area contributed by atoms with Crippen LogP contribution >= 0.6 is 11.3 Å². The molecule has 0 atom stereocenters. The highest BCUT2D eigenvalue weighted by atomic mass is 32.1. The Kier molecular flexibility index (Phi) is 5.03. The van der Waals surface area contributed by atoms with Crippen molar-refractivity contribution < 1.29 is 0 Å². The van der Waals surface area contributed by atoms with E-state index in [1.54, 1.807) is 11.3 Å². The van der Waals surface area contributed by atoms with Crippen molar-refractivity contribution >= 4 is 82.7 Å². The predicted octanol–water partition coefficient (Wildman–Crippen LogP) is 9.56. The number of para-hydroxylation sites is 1. The molecule has 6 aromatic carbocycles. The lowest BCUT2D eigenvalue weighted by Crippen LogP contribution is -2.49. The molecule has 0 saturated carbocycles. The van der Waals surface area contributed by atoms with Crippen LogP contribution in [0.4, 0.5) is 0 Å². The molecule has 3 aromatic heterocycles. The van der Waals surface area contributed by atoms with E-state index in [2.05, 4.69) is 145 Å². The minimum Gasteiger partial charge on any atom is -0.278 e. The molecule has 45 heavy (non-hydrogen) atoms. The Morgan fingerprint density at radius 1 is 0.578 bits per heavy atom. The van der Waals surface area contributed by atoms with Crippen molar-refractivity contribution in [2.75, 3.05) is 0 Å². The number of hydrogen-bond donors (Lipinski definition) is 0. The average Bonchev–Trinajstić information content (AvgIpc) is 3.70. The normalized spacial score (nSPS) is 13.7. The Morgan fingerprint density at radius 2 is 1.33 bits per heavy atom. The topological polar surface area (TPSA) is 30.7 Å². The van der Waals surface area contributed by atoms with Crippen molar-refractivity contribution in [2.45, 2.75) is 13.1 Å². The average molecular weight is 610 g/mol. The molecule has 0 bridgehead atoms. The predicted molar refractivity (Wildman–Crippen MR) is 194 cm³/mol. The molecule has 212 valence electrons. The maximum atomic E-state index is 5.39. The number of hydrogen-bond acceptors (Lipinski definition) is 3. The second kappa shape index (κ2) is 8.97. The molecule has 5 heteroatoms. The molecular weight excluding hydrogens is 583 g/mol. The summed E-state index contributed by atoms with van der Waals surface area (Å²) in [6.07, 6.45) is 0. The first kappa shape index (κ1) is 25.2. The van der Waals surface area contributed by atoms with Crippen LogP contribution in [0.15, 0.2) is 127 Å². The molecule has 1 aliphatic heterocycles. The maximum Gasteiger partial charge on any atom is 0.236 e. The zero-order valence-electron chi connectivity index (χ0n) is 24.9. The van der Waals surface area contributed by atoms with Gasteiger partial charge < -0.3 is 0 Å². The third-order valence-electron chi connectivity index (χ3n) is 9.83. The second-order valence-corrected chi connectivity index (χ2v) is 18.0. The van der Waals surface area contributed by atoms with Gasteiger partial charge in [0.05, 0.1) is 16.7 Å². The van der Waals surface area contributed by atoms with Crippen LogP contribution in [-0.2, 0) is 0 Å². The van der Waals surface area contributed by atoms with E-state index in [0.29, 0.717) is 5.95 Å². The summed E-state index contributed by atoms with van der Waals surface area (Å²) >= 11 is 1.74.